The average molecular weight is 319 g/mol. The topological polar surface area (TPSA) is 45.7 Å². The normalized spacial score (nSPS) is 18.7. The fourth-order valence-electron chi connectivity index (χ4n) is 2.94. The molecule has 0 N–H and O–H groups in total. The van der Waals surface area contributed by atoms with Crippen molar-refractivity contribution < 1.29 is 9.53 Å². The number of hydrogen-bond donors (Lipinski definition) is 0. The third-order valence-corrected chi connectivity index (χ3v) is 4.08. The van der Waals surface area contributed by atoms with Crippen molar-refractivity contribution in [2.45, 2.75) is 58.6 Å². The molecule has 1 atom stereocenters. The smallest absolute Gasteiger partial charge is 0.410 e. The summed E-state index contributed by atoms with van der Waals surface area (Å²) in [7, 11) is 3.96. The summed E-state index contributed by atoms with van der Waals surface area (Å²) in [6.45, 7) is 8.55. The molecule has 128 valence electrons. The van der Waals surface area contributed by atoms with E-state index in [0.717, 1.165) is 37.2 Å². The molecule has 0 unspecified atom stereocenters. The van der Waals surface area contributed by atoms with Gasteiger partial charge in [-0.1, -0.05) is 0 Å². The first-order valence-electron chi connectivity index (χ1n) is 8.32. The van der Waals surface area contributed by atoms with Crippen LogP contribution in [-0.2, 0) is 4.74 Å². The van der Waals surface area contributed by atoms with E-state index in [0.29, 0.717) is 0 Å². The van der Waals surface area contributed by atoms with Crippen molar-refractivity contribution in [3.05, 3.63) is 23.4 Å². The molecule has 0 aliphatic carbocycles. The van der Waals surface area contributed by atoms with Crippen LogP contribution in [0.5, 0.6) is 0 Å². The van der Waals surface area contributed by atoms with E-state index in [1.165, 1.54) is 5.56 Å². The Morgan fingerprint density at radius 2 is 2.04 bits per heavy atom. The lowest BCUT2D eigenvalue weighted by molar-refractivity contribution is 0.00942. The summed E-state index contributed by atoms with van der Waals surface area (Å²) in [5.74, 6) is 0.936. The number of pyridine rings is 1. The number of aryl methyl sites for hydroxylation is 1. The van der Waals surface area contributed by atoms with Gasteiger partial charge >= 0.3 is 6.09 Å². The minimum Gasteiger partial charge on any atom is -0.444 e. The minimum atomic E-state index is -0.471. The zero-order chi connectivity index (χ0) is 17.2. The van der Waals surface area contributed by atoms with Gasteiger partial charge in [0.2, 0.25) is 0 Å². The molecular weight excluding hydrogens is 290 g/mol. The quantitative estimate of drug-likeness (QED) is 0.829. The molecule has 0 aromatic carbocycles. The van der Waals surface area contributed by atoms with Crippen LogP contribution in [0.2, 0.25) is 0 Å². The number of piperidine rings is 1. The van der Waals surface area contributed by atoms with E-state index in [9.17, 15) is 4.79 Å². The van der Waals surface area contributed by atoms with Gasteiger partial charge in [-0.3, -0.25) is 0 Å². The third-order valence-electron chi connectivity index (χ3n) is 4.08. The molecule has 5 heteroatoms. The highest BCUT2D eigenvalue weighted by Crippen LogP contribution is 2.34. The van der Waals surface area contributed by atoms with E-state index in [1.807, 2.05) is 50.9 Å². The van der Waals surface area contributed by atoms with Crippen LogP contribution in [0.4, 0.5) is 10.6 Å². The molecule has 1 aromatic heterocycles. The summed E-state index contributed by atoms with van der Waals surface area (Å²) < 4.78 is 5.59. The van der Waals surface area contributed by atoms with E-state index in [1.54, 1.807) is 0 Å². The molecule has 1 saturated heterocycles. The number of rotatable bonds is 2. The van der Waals surface area contributed by atoms with Crippen molar-refractivity contribution in [1.29, 1.82) is 0 Å². The summed E-state index contributed by atoms with van der Waals surface area (Å²) in [5.41, 5.74) is 1.83. The number of likely N-dealkylation sites (tertiary alicyclic amines) is 1. The van der Waals surface area contributed by atoms with E-state index in [-0.39, 0.29) is 12.1 Å². The molecule has 1 aliphatic heterocycles. The van der Waals surface area contributed by atoms with Crippen molar-refractivity contribution in [1.82, 2.24) is 9.88 Å². The van der Waals surface area contributed by atoms with Crippen molar-refractivity contribution >= 4 is 11.9 Å². The Kier molecular flexibility index (Phi) is 5.17. The summed E-state index contributed by atoms with van der Waals surface area (Å²) in [5, 5.41) is 0. The highest BCUT2D eigenvalue weighted by Gasteiger charge is 2.32. The maximum Gasteiger partial charge on any atom is 0.410 e. The van der Waals surface area contributed by atoms with Gasteiger partial charge < -0.3 is 14.5 Å². The van der Waals surface area contributed by atoms with Crippen LogP contribution in [0.3, 0.4) is 0 Å². The van der Waals surface area contributed by atoms with Gasteiger partial charge in [0.1, 0.15) is 11.4 Å². The van der Waals surface area contributed by atoms with E-state index in [2.05, 4.69) is 18.0 Å². The summed E-state index contributed by atoms with van der Waals surface area (Å²) in [6.07, 6.45) is 4.80. The molecule has 5 nitrogen and oxygen atoms in total. The molecule has 1 aromatic rings. The molecule has 0 saturated carbocycles. The van der Waals surface area contributed by atoms with Crippen LogP contribution < -0.4 is 4.90 Å². The number of carbonyl (C=O) groups excluding carboxylic acids is 1. The number of anilines is 1. The zero-order valence-electron chi connectivity index (χ0n) is 15.2. The average Bonchev–Trinajstić information content (AvgIpc) is 2.45. The molecule has 0 spiro atoms. The fraction of sp³-hybridized carbons (Fsp3) is 0.667. The van der Waals surface area contributed by atoms with Crippen LogP contribution in [0.25, 0.3) is 0 Å². The third kappa shape index (κ3) is 4.36. The maximum atomic E-state index is 12.6. The minimum absolute atomic E-state index is 0.0577. The number of carbonyl (C=O) groups is 1. The van der Waals surface area contributed by atoms with Crippen LogP contribution in [-0.4, -0.2) is 42.2 Å². The van der Waals surface area contributed by atoms with Gasteiger partial charge in [0.15, 0.2) is 0 Å². The second kappa shape index (κ2) is 6.77. The highest BCUT2D eigenvalue weighted by atomic mass is 16.6. The number of amides is 1. The van der Waals surface area contributed by atoms with Gasteiger partial charge in [-0.2, -0.15) is 0 Å². The SMILES string of the molecule is Cc1cc(N(C)C)ncc1[C@@H]1CCCCN1C(=O)OC(C)(C)C. The summed E-state index contributed by atoms with van der Waals surface area (Å²) in [6, 6.07) is 2.14. The van der Waals surface area contributed by atoms with Crippen molar-refractivity contribution in [2.75, 3.05) is 25.5 Å². The first kappa shape index (κ1) is 17.6. The predicted molar refractivity (Wildman–Crippen MR) is 92.8 cm³/mol. The molecule has 0 bridgehead atoms. The van der Waals surface area contributed by atoms with Crippen molar-refractivity contribution in [3.63, 3.8) is 0 Å². The molecule has 1 aliphatic rings. The van der Waals surface area contributed by atoms with Crippen LogP contribution in [0.15, 0.2) is 12.3 Å². The van der Waals surface area contributed by atoms with Gasteiger partial charge in [-0.15, -0.1) is 0 Å². The Balaban J connectivity index is 2.26. The van der Waals surface area contributed by atoms with Gasteiger partial charge in [0.25, 0.3) is 0 Å². The molecular formula is C18H29N3O2. The van der Waals surface area contributed by atoms with Crippen molar-refractivity contribution in [3.8, 4) is 0 Å². The number of ether oxygens (including phenoxy) is 1. The lowest BCUT2D eigenvalue weighted by Gasteiger charge is -2.37. The predicted octanol–water partition coefficient (Wildman–Crippen LogP) is 3.92. The molecule has 1 fully saturated rings. The van der Waals surface area contributed by atoms with E-state index in [4.69, 9.17) is 4.74 Å². The molecule has 2 heterocycles. The van der Waals surface area contributed by atoms with Gasteiger partial charge in [-0.25, -0.2) is 9.78 Å². The highest BCUT2D eigenvalue weighted by molar-refractivity contribution is 5.69. The number of hydrogen-bond acceptors (Lipinski definition) is 4. The first-order chi connectivity index (χ1) is 10.7. The summed E-state index contributed by atoms with van der Waals surface area (Å²) >= 11 is 0. The Hall–Kier alpha value is -1.78. The van der Waals surface area contributed by atoms with Crippen LogP contribution in [0, 0.1) is 6.92 Å². The number of nitrogens with zero attached hydrogens (tertiary/aromatic N) is 3. The van der Waals surface area contributed by atoms with E-state index < -0.39 is 5.60 Å². The largest absolute Gasteiger partial charge is 0.444 e. The fourth-order valence-corrected chi connectivity index (χ4v) is 2.94. The Morgan fingerprint density at radius 1 is 1.35 bits per heavy atom. The number of aromatic nitrogens is 1. The van der Waals surface area contributed by atoms with Crippen molar-refractivity contribution in [2.24, 2.45) is 0 Å². The summed E-state index contributed by atoms with van der Waals surface area (Å²) in [4.78, 5) is 20.9. The monoisotopic (exact) mass is 319 g/mol. The lowest BCUT2D eigenvalue weighted by Crippen LogP contribution is -2.42. The standard InChI is InChI=1S/C18H29N3O2/c1-13-11-16(20(5)6)19-12-14(13)15-9-7-8-10-21(15)17(22)23-18(2,3)4/h11-12,15H,7-10H2,1-6H3/t15-/m0/s1. The first-order valence-corrected chi connectivity index (χ1v) is 8.32. The zero-order valence-corrected chi connectivity index (χ0v) is 15.2. The second-order valence-corrected chi connectivity index (χ2v) is 7.48. The Morgan fingerprint density at radius 3 is 2.61 bits per heavy atom. The van der Waals surface area contributed by atoms with Gasteiger partial charge in [-0.05, 0) is 64.2 Å². The second-order valence-electron chi connectivity index (χ2n) is 7.48. The Labute approximate surface area is 139 Å². The van der Waals surface area contributed by atoms with E-state index >= 15 is 0 Å². The molecule has 1 amide bonds. The van der Waals surface area contributed by atoms with Gasteiger partial charge in [0, 0.05) is 26.8 Å². The molecule has 2 rings (SSSR count). The van der Waals surface area contributed by atoms with Gasteiger partial charge in [0.05, 0.1) is 6.04 Å². The van der Waals surface area contributed by atoms with Crippen LogP contribution in [0.1, 0.15) is 57.2 Å². The van der Waals surface area contributed by atoms with Crippen LogP contribution >= 0.6 is 0 Å². The molecule has 23 heavy (non-hydrogen) atoms. The Bertz CT molecular complexity index is 564. The maximum absolute atomic E-state index is 12.6. The lowest BCUT2D eigenvalue weighted by atomic mass is 9.94. The molecule has 0 radical (unpaired) electrons.